The van der Waals surface area contributed by atoms with Gasteiger partial charge in [-0.25, -0.2) is 0 Å². The summed E-state index contributed by atoms with van der Waals surface area (Å²) in [5, 5.41) is 16.0. The van der Waals surface area contributed by atoms with Crippen molar-refractivity contribution in [2.45, 2.75) is 19.8 Å². The first-order valence-electron chi connectivity index (χ1n) is 10.4. The van der Waals surface area contributed by atoms with E-state index in [9.17, 15) is 19.7 Å². The number of aromatic nitrogens is 1. The first-order valence-corrected chi connectivity index (χ1v) is 10.4. The molecule has 0 aliphatic carbocycles. The first-order chi connectivity index (χ1) is 15.4. The van der Waals surface area contributed by atoms with Crippen LogP contribution in [0.25, 0.3) is 11.1 Å². The molecule has 4 rings (SSSR count). The first kappa shape index (κ1) is 21.3. The average molecular weight is 437 g/mol. The molecule has 0 saturated carbocycles. The van der Waals surface area contributed by atoms with E-state index in [1.54, 1.807) is 6.92 Å². The maximum Gasteiger partial charge on any atom is 0.313 e. The van der Waals surface area contributed by atoms with Crippen molar-refractivity contribution in [3.63, 3.8) is 0 Å². The molecule has 2 aromatic carbocycles. The summed E-state index contributed by atoms with van der Waals surface area (Å²) in [6.45, 7) is 3.53. The predicted octanol–water partition coefficient (Wildman–Crippen LogP) is 3.02. The van der Waals surface area contributed by atoms with Crippen LogP contribution in [0, 0.1) is 23.0 Å². The molecule has 32 heavy (non-hydrogen) atoms. The number of para-hydroxylation sites is 2. The maximum absolute atomic E-state index is 12.2. The molecule has 0 unspecified atom stereocenters. The lowest BCUT2D eigenvalue weighted by Crippen LogP contribution is -2.42. The fraction of sp³-hybridized carbons (Fsp3) is 0.318. The summed E-state index contributed by atoms with van der Waals surface area (Å²) in [5.74, 6) is -1.29. The van der Waals surface area contributed by atoms with Gasteiger partial charge < -0.3 is 20.0 Å². The van der Waals surface area contributed by atoms with Crippen LogP contribution < -0.4 is 15.5 Å². The zero-order chi connectivity index (χ0) is 22.7. The molecule has 1 aliphatic heterocycles. The molecule has 0 radical (unpaired) electrons. The number of anilines is 2. The molecule has 2 heterocycles. The van der Waals surface area contributed by atoms with Crippen LogP contribution in [0.4, 0.5) is 17.4 Å². The van der Waals surface area contributed by atoms with Crippen molar-refractivity contribution in [1.82, 2.24) is 10.3 Å². The predicted molar refractivity (Wildman–Crippen MR) is 118 cm³/mol. The van der Waals surface area contributed by atoms with Crippen molar-refractivity contribution < 1.29 is 18.9 Å². The van der Waals surface area contributed by atoms with Gasteiger partial charge in [0.2, 0.25) is 0 Å². The number of aryl methyl sites for hydroxylation is 1. The second kappa shape index (κ2) is 9.04. The van der Waals surface area contributed by atoms with Gasteiger partial charge in [0.1, 0.15) is 5.52 Å². The highest BCUT2D eigenvalue weighted by Gasteiger charge is 2.24. The van der Waals surface area contributed by atoms with Crippen LogP contribution in [0.3, 0.4) is 0 Å². The van der Waals surface area contributed by atoms with Crippen LogP contribution in [0.15, 0.2) is 46.9 Å². The molecule has 166 valence electrons. The second-order valence-corrected chi connectivity index (χ2v) is 7.82. The topological polar surface area (TPSA) is 131 Å². The molecule has 2 N–H and O–H groups in total. The highest BCUT2D eigenvalue weighted by molar-refractivity contribution is 6.39. The molecule has 2 amide bonds. The molecule has 0 spiro atoms. The number of nitro benzene ring substituents is 1. The Kier molecular flexibility index (Phi) is 6.02. The fourth-order valence-corrected chi connectivity index (χ4v) is 3.72. The Labute approximate surface area is 183 Å². The van der Waals surface area contributed by atoms with Gasteiger partial charge in [-0.2, -0.15) is 4.98 Å². The van der Waals surface area contributed by atoms with Crippen molar-refractivity contribution >= 4 is 40.3 Å². The fourth-order valence-electron chi connectivity index (χ4n) is 3.72. The summed E-state index contributed by atoms with van der Waals surface area (Å²) >= 11 is 0. The van der Waals surface area contributed by atoms with Gasteiger partial charge in [-0.05, 0) is 49.4 Å². The number of nitro groups is 1. The molecule has 10 heteroatoms. The van der Waals surface area contributed by atoms with E-state index in [0.29, 0.717) is 23.8 Å². The van der Waals surface area contributed by atoms with Gasteiger partial charge in [-0.1, -0.05) is 12.1 Å². The number of amides is 2. The minimum absolute atomic E-state index is 0.0749. The van der Waals surface area contributed by atoms with E-state index in [0.717, 1.165) is 37.0 Å². The van der Waals surface area contributed by atoms with E-state index in [1.807, 2.05) is 24.3 Å². The zero-order valence-electron chi connectivity index (χ0n) is 17.5. The molecule has 1 fully saturated rings. The third kappa shape index (κ3) is 4.69. The SMILES string of the molecule is Cc1cc([N+](=O)[O-])ccc1NC(=O)C(=O)NCC1CCN(c2nc3ccccc3o2)CC1. The summed E-state index contributed by atoms with van der Waals surface area (Å²) < 4.78 is 5.81. The number of hydrogen-bond acceptors (Lipinski definition) is 7. The van der Waals surface area contributed by atoms with E-state index in [-0.39, 0.29) is 11.6 Å². The van der Waals surface area contributed by atoms with Crippen LogP contribution in [-0.4, -0.2) is 41.4 Å². The summed E-state index contributed by atoms with van der Waals surface area (Å²) in [5.41, 5.74) is 2.38. The number of fused-ring (bicyclic) bond motifs is 1. The summed E-state index contributed by atoms with van der Waals surface area (Å²) in [7, 11) is 0. The van der Waals surface area contributed by atoms with E-state index < -0.39 is 16.7 Å². The third-order valence-corrected chi connectivity index (χ3v) is 5.59. The second-order valence-electron chi connectivity index (χ2n) is 7.82. The minimum Gasteiger partial charge on any atom is -0.423 e. The van der Waals surface area contributed by atoms with Crippen molar-refractivity contribution in [3.05, 3.63) is 58.1 Å². The number of nitrogens with zero attached hydrogens (tertiary/aromatic N) is 3. The van der Waals surface area contributed by atoms with Crippen molar-refractivity contribution in [2.24, 2.45) is 5.92 Å². The average Bonchev–Trinajstić information content (AvgIpc) is 3.23. The van der Waals surface area contributed by atoms with Crippen LogP contribution in [0.2, 0.25) is 0 Å². The van der Waals surface area contributed by atoms with Gasteiger partial charge >= 0.3 is 11.8 Å². The maximum atomic E-state index is 12.2. The van der Waals surface area contributed by atoms with Gasteiger partial charge in [0.05, 0.1) is 4.92 Å². The Morgan fingerprint density at radius 2 is 1.94 bits per heavy atom. The van der Waals surface area contributed by atoms with Crippen LogP contribution in [0.5, 0.6) is 0 Å². The molecule has 1 saturated heterocycles. The summed E-state index contributed by atoms with van der Waals surface area (Å²) in [4.78, 5) is 41.3. The molecule has 0 bridgehead atoms. The number of carbonyl (C=O) groups excluding carboxylic acids is 2. The number of nitrogens with one attached hydrogen (secondary N) is 2. The Bertz CT molecular complexity index is 1130. The number of non-ortho nitro benzene ring substituents is 1. The number of oxazole rings is 1. The van der Waals surface area contributed by atoms with Gasteiger partial charge in [-0.15, -0.1) is 0 Å². The van der Waals surface area contributed by atoms with E-state index in [4.69, 9.17) is 4.42 Å². The highest BCUT2D eigenvalue weighted by atomic mass is 16.6. The number of carbonyl (C=O) groups is 2. The van der Waals surface area contributed by atoms with Gasteiger partial charge in [0.25, 0.3) is 11.7 Å². The van der Waals surface area contributed by atoms with Crippen LogP contribution >= 0.6 is 0 Å². The monoisotopic (exact) mass is 437 g/mol. The Morgan fingerprint density at radius 1 is 1.19 bits per heavy atom. The van der Waals surface area contributed by atoms with E-state index in [1.165, 1.54) is 18.2 Å². The minimum atomic E-state index is -0.800. The molecule has 3 aromatic rings. The molecular formula is C22H23N5O5. The molecule has 10 nitrogen and oxygen atoms in total. The Balaban J connectivity index is 1.25. The lowest BCUT2D eigenvalue weighted by atomic mass is 9.97. The molecule has 1 aromatic heterocycles. The van der Waals surface area contributed by atoms with Crippen LogP contribution in [0.1, 0.15) is 18.4 Å². The zero-order valence-corrected chi connectivity index (χ0v) is 17.5. The summed E-state index contributed by atoms with van der Waals surface area (Å²) in [6, 6.07) is 12.3. The van der Waals surface area contributed by atoms with E-state index >= 15 is 0 Å². The third-order valence-electron chi connectivity index (χ3n) is 5.59. The van der Waals surface area contributed by atoms with Crippen molar-refractivity contribution in [1.29, 1.82) is 0 Å². The van der Waals surface area contributed by atoms with Crippen molar-refractivity contribution in [2.75, 3.05) is 29.9 Å². The molecule has 1 aliphatic rings. The van der Waals surface area contributed by atoms with Crippen molar-refractivity contribution in [3.8, 4) is 0 Å². The van der Waals surface area contributed by atoms with E-state index in [2.05, 4.69) is 20.5 Å². The van der Waals surface area contributed by atoms with Gasteiger partial charge in [0.15, 0.2) is 5.58 Å². The van der Waals surface area contributed by atoms with Crippen LogP contribution in [-0.2, 0) is 9.59 Å². The number of benzene rings is 2. The Hall–Kier alpha value is -3.95. The molecule has 0 atom stereocenters. The number of hydrogen-bond donors (Lipinski definition) is 2. The Morgan fingerprint density at radius 3 is 2.62 bits per heavy atom. The summed E-state index contributed by atoms with van der Waals surface area (Å²) in [6.07, 6.45) is 1.67. The number of rotatable bonds is 5. The quantitative estimate of drug-likeness (QED) is 0.356. The highest BCUT2D eigenvalue weighted by Crippen LogP contribution is 2.26. The number of piperidine rings is 1. The van der Waals surface area contributed by atoms with Gasteiger partial charge in [-0.3, -0.25) is 19.7 Å². The molecular weight excluding hydrogens is 414 g/mol. The lowest BCUT2D eigenvalue weighted by Gasteiger charge is -2.30. The standard InChI is InChI=1S/C22H23N5O5/c1-14-12-16(27(30)31)6-7-17(14)24-21(29)20(28)23-13-15-8-10-26(11-9-15)22-25-18-4-2-3-5-19(18)32-22/h2-7,12,15H,8-11,13H2,1H3,(H,23,28)(H,24,29). The lowest BCUT2D eigenvalue weighted by molar-refractivity contribution is -0.384. The smallest absolute Gasteiger partial charge is 0.313 e. The van der Waals surface area contributed by atoms with Gasteiger partial charge in [0, 0.05) is 37.5 Å². The largest absolute Gasteiger partial charge is 0.423 e. The normalized spacial score (nSPS) is 14.3.